The zero-order valence-electron chi connectivity index (χ0n) is 10.0. The van der Waals surface area contributed by atoms with Crippen molar-refractivity contribution in [2.45, 2.75) is 13.8 Å². The van der Waals surface area contributed by atoms with Crippen molar-refractivity contribution in [3.63, 3.8) is 0 Å². The van der Waals surface area contributed by atoms with Gasteiger partial charge in [-0.25, -0.2) is 9.78 Å². The first-order valence-electron chi connectivity index (χ1n) is 5.38. The molecule has 5 nitrogen and oxygen atoms in total. The van der Waals surface area contributed by atoms with Crippen LogP contribution in [-0.4, -0.2) is 21.0 Å². The number of rotatable bonds is 3. The van der Waals surface area contributed by atoms with E-state index in [1.807, 2.05) is 0 Å². The molecule has 0 bridgehead atoms. The van der Waals surface area contributed by atoms with Gasteiger partial charge in [0.15, 0.2) is 0 Å². The number of carboxylic acid groups (broad SMARTS) is 1. The summed E-state index contributed by atoms with van der Waals surface area (Å²) in [7, 11) is 0. The molecule has 0 atom stereocenters. The van der Waals surface area contributed by atoms with Crippen molar-refractivity contribution in [2.75, 3.05) is 0 Å². The first-order chi connectivity index (χ1) is 8.56. The third-order valence-corrected chi connectivity index (χ3v) is 2.39. The molecule has 2 rings (SSSR count). The van der Waals surface area contributed by atoms with Crippen LogP contribution < -0.4 is 4.74 Å². The summed E-state index contributed by atoms with van der Waals surface area (Å²) in [6.45, 7) is 3.56. The van der Waals surface area contributed by atoms with Gasteiger partial charge in [0, 0.05) is 12.3 Å². The summed E-state index contributed by atoms with van der Waals surface area (Å²) in [4.78, 5) is 18.9. The van der Waals surface area contributed by atoms with Crippen LogP contribution in [-0.2, 0) is 0 Å². The van der Waals surface area contributed by atoms with Gasteiger partial charge in [-0.2, -0.15) is 4.98 Å². The highest BCUT2D eigenvalue weighted by atomic mass is 16.5. The molecule has 1 heterocycles. The lowest BCUT2D eigenvalue weighted by Crippen LogP contribution is -1.98. The molecule has 0 spiro atoms. The number of aromatic nitrogens is 2. The van der Waals surface area contributed by atoms with Crippen LogP contribution in [0, 0.1) is 13.8 Å². The molecule has 0 fully saturated rings. The van der Waals surface area contributed by atoms with Gasteiger partial charge in [-0.05, 0) is 37.6 Å². The summed E-state index contributed by atoms with van der Waals surface area (Å²) in [5.41, 5.74) is 0.977. The summed E-state index contributed by atoms with van der Waals surface area (Å²) in [6.07, 6.45) is 1.61. The molecule has 0 aliphatic heterocycles. The molecule has 0 saturated heterocycles. The first-order valence-corrected chi connectivity index (χ1v) is 5.38. The van der Waals surface area contributed by atoms with Gasteiger partial charge in [-0.1, -0.05) is 0 Å². The van der Waals surface area contributed by atoms with Gasteiger partial charge in [-0.3, -0.25) is 0 Å². The van der Waals surface area contributed by atoms with E-state index in [4.69, 9.17) is 9.84 Å². The second-order valence-corrected chi connectivity index (χ2v) is 3.83. The number of ether oxygens (including phenoxy) is 1. The monoisotopic (exact) mass is 244 g/mol. The maximum atomic E-state index is 10.8. The molecule has 0 unspecified atom stereocenters. The van der Waals surface area contributed by atoms with E-state index in [-0.39, 0.29) is 5.56 Å². The quantitative estimate of drug-likeness (QED) is 0.898. The number of aryl methyl sites for hydroxylation is 2. The summed E-state index contributed by atoms with van der Waals surface area (Å²) in [5, 5.41) is 8.86. The number of carbonyl (C=O) groups is 1. The SMILES string of the molecule is Cc1nccc(Oc2ccc(C(=O)O)cc2C)n1. The minimum atomic E-state index is -0.956. The molecule has 1 aromatic carbocycles. The van der Waals surface area contributed by atoms with E-state index < -0.39 is 5.97 Å². The predicted octanol–water partition coefficient (Wildman–Crippen LogP) is 2.58. The van der Waals surface area contributed by atoms with Gasteiger partial charge >= 0.3 is 5.97 Å². The average molecular weight is 244 g/mol. The third kappa shape index (κ3) is 2.63. The van der Waals surface area contributed by atoms with E-state index in [1.54, 1.807) is 38.2 Å². The van der Waals surface area contributed by atoms with Crippen LogP contribution in [0.5, 0.6) is 11.6 Å². The van der Waals surface area contributed by atoms with Crippen LogP contribution in [0.3, 0.4) is 0 Å². The number of hydrogen-bond donors (Lipinski definition) is 1. The zero-order valence-corrected chi connectivity index (χ0v) is 10.0. The summed E-state index contributed by atoms with van der Waals surface area (Å²) < 4.78 is 5.58. The highest BCUT2D eigenvalue weighted by Crippen LogP contribution is 2.24. The molecule has 0 aliphatic carbocycles. The highest BCUT2D eigenvalue weighted by Gasteiger charge is 2.07. The lowest BCUT2D eigenvalue weighted by molar-refractivity contribution is 0.0697. The molecular formula is C13H12N2O3. The average Bonchev–Trinajstić information content (AvgIpc) is 2.31. The highest BCUT2D eigenvalue weighted by molar-refractivity contribution is 5.88. The van der Waals surface area contributed by atoms with Gasteiger partial charge in [0.25, 0.3) is 0 Å². The molecule has 92 valence electrons. The fourth-order valence-corrected chi connectivity index (χ4v) is 1.50. The number of benzene rings is 1. The normalized spacial score (nSPS) is 10.1. The van der Waals surface area contributed by atoms with Crippen molar-refractivity contribution < 1.29 is 14.6 Å². The largest absolute Gasteiger partial charge is 0.478 e. The number of aromatic carboxylic acids is 1. The number of carboxylic acids is 1. The molecule has 0 amide bonds. The molecule has 0 saturated carbocycles. The summed E-state index contributed by atoms with van der Waals surface area (Å²) in [5.74, 6) is 0.682. The topological polar surface area (TPSA) is 72.3 Å². The van der Waals surface area contributed by atoms with Crippen LogP contribution >= 0.6 is 0 Å². The predicted molar refractivity (Wildman–Crippen MR) is 65.0 cm³/mol. The Morgan fingerprint density at radius 2 is 2.06 bits per heavy atom. The minimum absolute atomic E-state index is 0.235. The number of nitrogens with zero attached hydrogens (tertiary/aromatic N) is 2. The van der Waals surface area contributed by atoms with Crippen LogP contribution in [0.4, 0.5) is 0 Å². The van der Waals surface area contributed by atoms with Crippen LogP contribution in [0.25, 0.3) is 0 Å². The maximum absolute atomic E-state index is 10.8. The molecule has 1 aromatic heterocycles. The first kappa shape index (κ1) is 12.0. The van der Waals surface area contributed by atoms with Gasteiger partial charge < -0.3 is 9.84 Å². The van der Waals surface area contributed by atoms with E-state index >= 15 is 0 Å². The molecule has 0 radical (unpaired) electrons. The smallest absolute Gasteiger partial charge is 0.335 e. The van der Waals surface area contributed by atoms with Crippen molar-refractivity contribution in [1.29, 1.82) is 0 Å². The van der Waals surface area contributed by atoms with Crippen molar-refractivity contribution in [2.24, 2.45) is 0 Å². The Hall–Kier alpha value is -2.43. The van der Waals surface area contributed by atoms with E-state index in [9.17, 15) is 4.79 Å². The summed E-state index contributed by atoms with van der Waals surface area (Å²) >= 11 is 0. The number of hydrogen-bond acceptors (Lipinski definition) is 4. The van der Waals surface area contributed by atoms with E-state index in [0.717, 1.165) is 5.56 Å². The fraction of sp³-hybridized carbons (Fsp3) is 0.154. The lowest BCUT2D eigenvalue weighted by atomic mass is 10.1. The van der Waals surface area contributed by atoms with Crippen molar-refractivity contribution in [1.82, 2.24) is 9.97 Å². The molecule has 2 aromatic rings. The van der Waals surface area contributed by atoms with Crippen LogP contribution in [0.2, 0.25) is 0 Å². The van der Waals surface area contributed by atoms with Crippen LogP contribution in [0.15, 0.2) is 30.5 Å². The Morgan fingerprint density at radius 3 is 2.67 bits per heavy atom. The second kappa shape index (κ2) is 4.83. The van der Waals surface area contributed by atoms with Gasteiger partial charge in [0.05, 0.1) is 5.56 Å². The van der Waals surface area contributed by atoms with Crippen molar-refractivity contribution >= 4 is 5.97 Å². The minimum Gasteiger partial charge on any atom is -0.478 e. The maximum Gasteiger partial charge on any atom is 0.335 e. The Labute approximate surface area is 104 Å². The van der Waals surface area contributed by atoms with Crippen LogP contribution in [0.1, 0.15) is 21.7 Å². The Kier molecular flexibility index (Phi) is 3.23. The Morgan fingerprint density at radius 1 is 1.28 bits per heavy atom. The molecular weight excluding hydrogens is 232 g/mol. The Bertz CT molecular complexity index is 597. The van der Waals surface area contributed by atoms with E-state index in [2.05, 4.69) is 9.97 Å². The second-order valence-electron chi connectivity index (χ2n) is 3.83. The Balaban J connectivity index is 2.27. The van der Waals surface area contributed by atoms with Crippen molar-refractivity contribution in [3.8, 4) is 11.6 Å². The van der Waals surface area contributed by atoms with Gasteiger partial charge in [-0.15, -0.1) is 0 Å². The van der Waals surface area contributed by atoms with Gasteiger partial charge in [0.2, 0.25) is 5.88 Å². The standard InChI is InChI=1S/C13H12N2O3/c1-8-7-10(13(16)17)3-4-11(8)18-12-5-6-14-9(2)15-12/h3-7H,1-2H3,(H,16,17). The van der Waals surface area contributed by atoms with Gasteiger partial charge in [0.1, 0.15) is 11.6 Å². The third-order valence-electron chi connectivity index (χ3n) is 2.39. The van der Waals surface area contributed by atoms with E-state index in [0.29, 0.717) is 17.5 Å². The summed E-state index contributed by atoms with van der Waals surface area (Å²) in [6, 6.07) is 6.33. The fourth-order valence-electron chi connectivity index (χ4n) is 1.50. The zero-order chi connectivity index (χ0) is 13.1. The van der Waals surface area contributed by atoms with E-state index in [1.165, 1.54) is 6.07 Å². The molecule has 1 N–H and O–H groups in total. The molecule has 5 heteroatoms. The molecule has 0 aliphatic rings. The lowest BCUT2D eigenvalue weighted by Gasteiger charge is -2.08. The molecule has 18 heavy (non-hydrogen) atoms. The van der Waals surface area contributed by atoms with Crippen molar-refractivity contribution in [3.05, 3.63) is 47.4 Å².